The molecule has 92 valence electrons. The Bertz CT molecular complexity index is 420. The van der Waals surface area contributed by atoms with E-state index in [2.05, 4.69) is 10.1 Å². The van der Waals surface area contributed by atoms with E-state index < -0.39 is 18.1 Å². The first-order valence-corrected chi connectivity index (χ1v) is 4.28. The summed E-state index contributed by atoms with van der Waals surface area (Å²) >= 11 is 0. The van der Waals surface area contributed by atoms with Crippen LogP contribution in [0.4, 0.5) is 23.7 Å². The zero-order valence-corrected chi connectivity index (χ0v) is 8.25. The number of urea groups is 1. The Morgan fingerprint density at radius 2 is 2.06 bits per heavy atom. The number of halogens is 3. The highest BCUT2D eigenvalue weighted by molar-refractivity contribution is 5.95. The van der Waals surface area contributed by atoms with Gasteiger partial charge in [0.15, 0.2) is 0 Å². The molecule has 2 N–H and O–H groups in total. The van der Waals surface area contributed by atoms with Gasteiger partial charge in [0, 0.05) is 11.8 Å². The second-order valence-electron chi connectivity index (χ2n) is 2.79. The molecule has 0 aliphatic carbocycles. The largest absolute Gasteiger partial charge is 0.573 e. The topological polar surface area (TPSA) is 67.4 Å². The Hall–Kier alpha value is -2.25. The third kappa shape index (κ3) is 4.87. The summed E-state index contributed by atoms with van der Waals surface area (Å²) in [4.78, 5) is 20.8. The van der Waals surface area contributed by atoms with Crippen LogP contribution in [0.15, 0.2) is 24.3 Å². The van der Waals surface area contributed by atoms with E-state index in [1.165, 1.54) is 12.1 Å². The van der Waals surface area contributed by atoms with Crippen LogP contribution in [0.3, 0.4) is 0 Å². The number of carbonyl (C=O) groups is 2. The van der Waals surface area contributed by atoms with Crippen molar-refractivity contribution in [2.24, 2.45) is 0 Å². The minimum absolute atomic E-state index is 0.0612. The van der Waals surface area contributed by atoms with Crippen LogP contribution in [0, 0.1) is 0 Å². The lowest BCUT2D eigenvalue weighted by atomic mass is 10.3. The molecule has 0 aliphatic heterocycles. The van der Waals surface area contributed by atoms with Gasteiger partial charge in [0.1, 0.15) is 5.75 Å². The van der Waals surface area contributed by atoms with Gasteiger partial charge in [0.25, 0.3) is 0 Å². The van der Waals surface area contributed by atoms with Crippen molar-refractivity contribution in [2.75, 3.05) is 5.32 Å². The molecule has 0 saturated carbocycles. The van der Waals surface area contributed by atoms with E-state index >= 15 is 0 Å². The lowest BCUT2D eigenvalue weighted by Crippen LogP contribution is -2.27. The Kier molecular flexibility index (Phi) is 3.91. The monoisotopic (exact) mass is 248 g/mol. The zero-order valence-electron chi connectivity index (χ0n) is 8.25. The Labute approximate surface area is 93.6 Å². The molecule has 17 heavy (non-hydrogen) atoms. The van der Waals surface area contributed by atoms with E-state index in [4.69, 9.17) is 0 Å². The van der Waals surface area contributed by atoms with Crippen LogP contribution in [0.2, 0.25) is 0 Å². The average molecular weight is 248 g/mol. The van der Waals surface area contributed by atoms with Gasteiger partial charge in [-0.15, -0.1) is 13.2 Å². The van der Waals surface area contributed by atoms with E-state index in [0.29, 0.717) is 0 Å². The van der Waals surface area contributed by atoms with Crippen molar-refractivity contribution < 1.29 is 27.5 Å². The van der Waals surface area contributed by atoms with Gasteiger partial charge in [0.05, 0.1) is 0 Å². The number of imide groups is 1. The normalized spacial score (nSPS) is 10.5. The SMILES string of the molecule is O=CNC(=O)Nc1cccc(OC(F)(F)F)c1. The molecule has 1 aromatic rings. The fourth-order valence-electron chi connectivity index (χ4n) is 0.992. The summed E-state index contributed by atoms with van der Waals surface area (Å²) in [7, 11) is 0. The fourth-order valence-corrected chi connectivity index (χ4v) is 0.992. The van der Waals surface area contributed by atoms with E-state index in [1.807, 2.05) is 0 Å². The van der Waals surface area contributed by atoms with E-state index in [0.717, 1.165) is 12.1 Å². The van der Waals surface area contributed by atoms with Crippen molar-refractivity contribution in [2.45, 2.75) is 6.36 Å². The van der Waals surface area contributed by atoms with Gasteiger partial charge in [-0.3, -0.25) is 10.1 Å². The molecule has 0 aromatic heterocycles. The highest BCUT2D eigenvalue weighted by Crippen LogP contribution is 2.24. The Morgan fingerprint density at radius 3 is 2.65 bits per heavy atom. The fraction of sp³-hybridized carbons (Fsp3) is 0.111. The summed E-state index contributed by atoms with van der Waals surface area (Å²) in [6.45, 7) is 0. The zero-order chi connectivity index (χ0) is 12.9. The lowest BCUT2D eigenvalue weighted by molar-refractivity contribution is -0.274. The standard InChI is InChI=1S/C9H7F3N2O3/c10-9(11,12)17-7-3-1-2-6(4-7)14-8(16)13-5-15/h1-5H,(H2,13,14,15,16). The molecule has 0 saturated heterocycles. The predicted octanol–water partition coefficient (Wildman–Crippen LogP) is 1.86. The second-order valence-corrected chi connectivity index (χ2v) is 2.79. The van der Waals surface area contributed by atoms with Gasteiger partial charge in [-0.2, -0.15) is 0 Å². The van der Waals surface area contributed by atoms with Crippen molar-refractivity contribution in [1.29, 1.82) is 0 Å². The van der Waals surface area contributed by atoms with Gasteiger partial charge in [-0.1, -0.05) is 6.07 Å². The number of carbonyl (C=O) groups excluding carboxylic acids is 2. The number of hydrogen-bond acceptors (Lipinski definition) is 3. The van der Waals surface area contributed by atoms with Crippen molar-refractivity contribution in [3.63, 3.8) is 0 Å². The Balaban J connectivity index is 2.72. The summed E-state index contributed by atoms with van der Waals surface area (Å²) < 4.78 is 39.3. The number of nitrogens with one attached hydrogen (secondary N) is 2. The maximum Gasteiger partial charge on any atom is 0.573 e. The summed E-state index contributed by atoms with van der Waals surface area (Å²) in [6, 6.07) is 3.79. The van der Waals surface area contributed by atoms with E-state index in [-0.39, 0.29) is 12.1 Å². The second kappa shape index (κ2) is 5.19. The summed E-state index contributed by atoms with van der Waals surface area (Å²) in [5.41, 5.74) is 0.0612. The number of rotatable bonds is 3. The molecule has 0 atom stereocenters. The molecule has 1 rings (SSSR count). The number of amides is 3. The summed E-state index contributed by atoms with van der Waals surface area (Å²) in [6.07, 6.45) is -4.66. The molecule has 1 aromatic carbocycles. The molecule has 5 nitrogen and oxygen atoms in total. The van der Waals surface area contributed by atoms with Gasteiger partial charge < -0.3 is 10.1 Å². The Morgan fingerprint density at radius 1 is 1.35 bits per heavy atom. The van der Waals surface area contributed by atoms with Gasteiger partial charge in [-0.25, -0.2) is 4.79 Å². The van der Waals surface area contributed by atoms with Crippen LogP contribution < -0.4 is 15.4 Å². The van der Waals surface area contributed by atoms with Crippen LogP contribution in [0.25, 0.3) is 0 Å². The van der Waals surface area contributed by atoms with Gasteiger partial charge in [-0.05, 0) is 12.1 Å². The number of alkyl halides is 3. The van der Waals surface area contributed by atoms with Crippen LogP contribution in [0.5, 0.6) is 5.75 Å². The third-order valence-electron chi connectivity index (χ3n) is 1.52. The maximum atomic E-state index is 11.9. The predicted molar refractivity (Wildman–Crippen MR) is 51.3 cm³/mol. The third-order valence-corrected chi connectivity index (χ3v) is 1.52. The molecule has 0 heterocycles. The lowest BCUT2D eigenvalue weighted by Gasteiger charge is -2.10. The van der Waals surface area contributed by atoms with Crippen LogP contribution in [-0.4, -0.2) is 18.8 Å². The molecule has 3 amide bonds. The first kappa shape index (κ1) is 12.8. The van der Waals surface area contributed by atoms with E-state index in [9.17, 15) is 22.8 Å². The minimum atomic E-state index is -4.80. The average Bonchev–Trinajstić information content (AvgIpc) is 2.15. The van der Waals surface area contributed by atoms with Crippen molar-refractivity contribution >= 4 is 18.1 Å². The molecule has 0 spiro atoms. The molecule has 0 fully saturated rings. The van der Waals surface area contributed by atoms with Crippen molar-refractivity contribution in [1.82, 2.24) is 5.32 Å². The van der Waals surface area contributed by atoms with Crippen molar-refractivity contribution in [3.8, 4) is 5.75 Å². The number of benzene rings is 1. The number of ether oxygens (including phenoxy) is 1. The maximum absolute atomic E-state index is 11.9. The summed E-state index contributed by atoms with van der Waals surface area (Å²) in [5, 5.41) is 3.91. The highest BCUT2D eigenvalue weighted by Gasteiger charge is 2.31. The molecule has 0 radical (unpaired) electrons. The molecular formula is C9H7F3N2O3. The smallest absolute Gasteiger partial charge is 0.406 e. The molecule has 0 bridgehead atoms. The first-order valence-electron chi connectivity index (χ1n) is 4.28. The quantitative estimate of drug-likeness (QED) is 0.802. The highest BCUT2D eigenvalue weighted by atomic mass is 19.4. The number of anilines is 1. The van der Waals surface area contributed by atoms with Crippen molar-refractivity contribution in [3.05, 3.63) is 24.3 Å². The molecular weight excluding hydrogens is 241 g/mol. The van der Waals surface area contributed by atoms with E-state index in [1.54, 1.807) is 5.32 Å². The molecule has 0 unspecified atom stereocenters. The number of hydrogen-bond donors (Lipinski definition) is 2. The van der Waals surface area contributed by atoms with Gasteiger partial charge >= 0.3 is 12.4 Å². The van der Waals surface area contributed by atoms with Gasteiger partial charge in [0.2, 0.25) is 6.41 Å². The first-order chi connectivity index (χ1) is 7.90. The molecule has 8 heteroatoms. The summed E-state index contributed by atoms with van der Waals surface area (Å²) in [5.74, 6) is -0.471. The van der Waals surface area contributed by atoms with Crippen LogP contribution in [0.1, 0.15) is 0 Å². The van der Waals surface area contributed by atoms with Crippen LogP contribution >= 0.6 is 0 Å². The molecule has 0 aliphatic rings. The minimum Gasteiger partial charge on any atom is -0.406 e. The van der Waals surface area contributed by atoms with Crippen LogP contribution in [-0.2, 0) is 4.79 Å².